The van der Waals surface area contributed by atoms with Crippen LogP contribution in [0.5, 0.6) is 0 Å². The van der Waals surface area contributed by atoms with Gasteiger partial charge in [-0.25, -0.2) is 4.79 Å². The highest BCUT2D eigenvalue weighted by Gasteiger charge is 2.48. The fourth-order valence-corrected chi connectivity index (χ4v) is 4.73. The molecule has 0 saturated carbocycles. The Morgan fingerprint density at radius 2 is 1.70 bits per heavy atom. The number of quaternary nitrogens is 1. The molecule has 0 bridgehead atoms. The molecule has 0 saturated heterocycles. The van der Waals surface area contributed by atoms with Crippen molar-refractivity contribution in [1.29, 1.82) is 0 Å². The van der Waals surface area contributed by atoms with Crippen LogP contribution < -0.4 is 15.3 Å². The van der Waals surface area contributed by atoms with Crippen molar-refractivity contribution in [2.24, 2.45) is 5.92 Å². The maximum atomic E-state index is 13.1. The van der Waals surface area contributed by atoms with Crippen LogP contribution in [0.1, 0.15) is 59.4 Å². The smallest absolute Gasteiger partial charge is 0.465 e. The summed E-state index contributed by atoms with van der Waals surface area (Å²) in [5, 5.41) is 13.3. The second kappa shape index (κ2) is 12.1. The summed E-state index contributed by atoms with van der Waals surface area (Å²) in [4.78, 5) is 50.1. The number of fused-ring (bicyclic) bond motifs is 1. The van der Waals surface area contributed by atoms with Gasteiger partial charge in [0.05, 0.1) is 12.7 Å². The lowest BCUT2D eigenvalue weighted by Crippen LogP contribution is -2.60. The van der Waals surface area contributed by atoms with Gasteiger partial charge in [-0.15, -0.1) is 0 Å². The van der Waals surface area contributed by atoms with E-state index in [0.717, 1.165) is 12.8 Å². The summed E-state index contributed by atoms with van der Waals surface area (Å²) >= 11 is 4.29. The molecule has 3 N–H and O–H groups in total. The topological polar surface area (TPSA) is 122 Å². The highest BCUT2D eigenvalue weighted by Crippen LogP contribution is 2.41. The Labute approximate surface area is 221 Å². The Hall–Kier alpha value is -3.63. The molecule has 3 amide bonds. The summed E-state index contributed by atoms with van der Waals surface area (Å²) in [6.07, 6.45) is 2.16. The van der Waals surface area contributed by atoms with Crippen molar-refractivity contribution < 1.29 is 29.0 Å². The number of ether oxygens (including phenoxy) is 1. The predicted octanol–water partition coefficient (Wildman–Crippen LogP) is 4.40. The van der Waals surface area contributed by atoms with E-state index in [1.807, 2.05) is 13.8 Å². The second-order valence-electron chi connectivity index (χ2n) is 8.97. The number of carbonyl (C=O) groups is 4. The van der Waals surface area contributed by atoms with Gasteiger partial charge in [0.25, 0.3) is 5.91 Å². The first kappa shape index (κ1) is 27.9. The molecule has 3 atom stereocenters. The van der Waals surface area contributed by atoms with Gasteiger partial charge < -0.3 is 15.2 Å². The summed E-state index contributed by atoms with van der Waals surface area (Å²) in [6, 6.07) is 12.4. The third-order valence-corrected chi connectivity index (χ3v) is 6.71. The number of esters is 1. The van der Waals surface area contributed by atoms with Crippen LogP contribution in [-0.4, -0.2) is 47.9 Å². The minimum Gasteiger partial charge on any atom is -0.465 e. The molecule has 3 rings (SSSR count). The average Bonchev–Trinajstić information content (AvgIpc) is 3.20. The van der Waals surface area contributed by atoms with Gasteiger partial charge in [0.15, 0.2) is 5.69 Å². The SMILES string of the molecule is CCCC(CS)C(=O)N[C@H](C)CC1=C[N+](NC(=O)c2ccc(C(=O)OC)cc2)(C(=O)O)c2ccccc21. The molecule has 196 valence electrons. The summed E-state index contributed by atoms with van der Waals surface area (Å²) in [5.74, 6) is -1.01. The van der Waals surface area contributed by atoms with E-state index < -0.39 is 22.6 Å². The van der Waals surface area contributed by atoms with E-state index in [0.29, 0.717) is 29.0 Å². The second-order valence-corrected chi connectivity index (χ2v) is 9.33. The van der Waals surface area contributed by atoms with Crippen LogP contribution >= 0.6 is 12.6 Å². The third kappa shape index (κ3) is 6.03. The molecule has 0 aliphatic carbocycles. The number of amides is 3. The van der Waals surface area contributed by atoms with Crippen LogP contribution in [-0.2, 0) is 9.53 Å². The van der Waals surface area contributed by atoms with E-state index in [4.69, 9.17) is 0 Å². The number of methoxy groups -OCH3 is 1. The quantitative estimate of drug-likeness (QED) is 0.218. The molecule has 0 aromatic heterocycles. The Balaban J connectivity index is 1.88. The number of carboxylic acid groups (broad SMARTS) is 1. The standard InChI is InChI=1S/C27H31N3O6S/c1-4-7-20(16-37)24(31)28-17(2)14-21-15-30(27(34)35,23-9-6-5-8-22(21)23)29-25(32)18-10-12-19(13-11-18)26(33)36-3/h5-6,8-13,15,17,20H,4,7,14,16H2,1-3H3,(H3-,28,29,31,32,34,35,37)/p+1/t17-,20?,30?/m1/s1. The maximum Gasteiger partial charge on any atom is 0.549 e. The molecular weight excluding hydrogens is 494 g/mol. The number of para-hydroxylation sites is 1. The Morgan fingerprint density at radius 1 is 1.05 bits per heavy atom. The largest absolute Gasteiger partial charge is 0.549 e. The number of rotatable bonds is 9. The zero-order chi connectivity index (χ0) is 27.2. The number of thiol groups is 1. The summed E-state index contributed by atoms with van der Waals surface area (Å²) in [6.45, 7) is 3.87. The zero-order valence-electron chi connectivity index (χ0n) is 21.1. The molecule has 1 heterocycles. The molecule has 37 heavy (non-hydrogen) atoms. The first-order valence-electron chi connectivity index (χ1n) is 12.0. The van der Waals surface area contributed by atoms with Crippen LogP contribution in [0.4, 0.5) is 10.5 Å². The number of benzene rings is 2. The van der Waals surface area contributed by atoms with Gasteiger partial charge in [-0.1, -0.05) is 30.1 Å². The van der Waals surface area contributed by atoms with Crippen molar-refractivity contribution in [3.8, 4) is 0 Å². The molecule has 10 heteroatoms. The van der Waals surface area contributed by atoms with Crippen molar-refractivity contribution in [1.82, 2.24) is 15.3 Å². The fraction of sp³-hybridized carbons (Fsp3) is 0.333. The first-order chi connectivity index (χ1) is 17.7. The molecule has 2 unspecified atom stereocenters. The first-order valence-corrected chi connectivity index (χ1v) is 12.7. The summed E-state index contributed by atoms with van der Waals surface area (Å²) in [7, 11) is 1.26. The van der Waals surface area contributed by atoms with Crippen molar-refractivity contribution in [3.05, 3.63) is 71.4 Å². The fourth-order valence-electron chi connectivity index (χ4n) is 4.38. The highest BCUT2D eigenvalue weighted by molar-refractivity contribution is 7.80. The zero-order valence-corrected chi connectivity index (χ0v) is 22.0. The number of hydrogen-bond donors (Lipinski definition) is 4. The average molecular weight is 527 g/mol. The van der Waals surface area contributed by atoms with Crippen molar-refractivity contribution in [2.75, 3.05) is 12.9 Å². The lowest BCUT2D eigenvalue weighted by atomic mass is 9.99. The van der Waals surface area contributed by atoms with Crippen LogP contribution in [0.2, 0.25) is 0 Å². The molecule has 0 spiro atoms. The Bertz CT molecular complexity index is 1210. The minimum absolute atomic E-state index is 0.0843. The van der Waals surface area contributed by atoms with Crippen molar-refractivity contribution in [2.45, 2.75) is 39.2 Å². The van der Waals surface area contributed by atoms with E-state index in [1.165, 1.54) is 37.6 Å². The van der Waals surface area contributed by atoms with Gasteiger partial charge in [-0.3, -0.25) is 9.59 Å². The van der Waals surface area contributed by atoms with Gasteiger partial charge in [-0.2, -0.15) is 22.8 Å². The monoisotopic (exact) mass is 526 g/mol. The Morgan fingerprint density at radius 3 is 2.30 bits per heavy atom. The van der Waals surface area contributed by atoms with Gasteiger partial charge in [0.1, 0.15) is 6.20 Å². The normalized spacial score (nSPS) is 17.7. The highest BCUT2D eigenvalue weighted by atomic mass is 32.1. The number of nitrogens with zero attached hydrogens (tertiary/aromatic N) is 1. The van der Waals surface area contributed by atoms with Crippen LogP contribution in [0.3, 0.4) is 0 Å². The Kier molecular flexibility index (Phi) is 9.12. The van der Waals surface area contributed by atoms with Gasteiger partial charge in [0, 0.05) is 40.5 Å². The summed E-state index contributed by atoms with van der Waals surface area (Å²) in [5.41, 5.74) is 4.81. The molecule has 9 nitrogen and oxygen atoms in total. The molecule has 0 radical (unpaired) electrons. The minimum atomic E-state index is -1.29. The molecule has 2 aromatic carbocycles. The van der Waals surface area contributed by atoms with Gasteiger partial charge in [0.2, 0.25) is 5.91 Å². The number of carbonyl (C=O) groups excluding carboxylic acids is 3. The number of hydrogen-bond acceptors (Lipinski definition) is 6. The van der Waals surface area contributed by atoms with E-state index in [9.17, 15) is 24.3 Å². The maximum absolute atomic E-state index is 13.1. The van der Waals surface area contributed by atoms with E-state index in [-0.39, 0.29) is 29.0 Å². The molecule has 2 aromatic rings. The predicted molar refractivity (Wildman–Crippen MR) is 144 cm³/mol. The molecule has 1 aliphatic rings. The lowest BCUT2D eigenvalue weighted by molar-refractivity contribution is -0.125. The molecular formula is C27H32N3O6S+. The third-order valence-electron chi connectivity index (χ3n) is 6.27. The lowest BCUT2D eigenvalue weighted by Gasteiger charge is -2.25. The number of nitrogens with one attached hydrogen (secondary N) is 2. The van der Waals surface area contributed by atoms with Crippen LogP contribution in [0, 0.1) is 5.92 Å². The van der Waals surface area contributed by atoms with Crippen molar-refractivity contribution >= 4 is 47.8 Å². The summed E-state index contributed by atoms with van der Waals surface area (Å²) < 4.78 is 3.74. The van der Waals surface area contributed by atoms with Gasteiger partial charge in [-0.05, 0) is 50.1 Å². The van der Waals surface area contributed by atoms with Crippen molar-refractivity contribution in [3.63, 3.8) is 0 Å². The van der Waals surface area contributed by atoms with Gasteiger partial charge >= 0.3 is 12.1 Å². The molecule has 1 aliphatic heterocycles. The van der Waals surface area contributed by atoms with Crippen LogP contribution in [0.25, 0.3) is 5.57 Å². The van der Waals surface area contributed by atoms with E-state index in [1.54, 1.807) is 24.3 Å². The van der Waals surface area contributed by atoms with Crippen LogP contribution in [0.15, 0.2) is 54.7 Å². The molecule has 0 fully saturated rings. The van der Waals surface area contributed by atoms with E-state index in [2.05, 4.69) is 28.1 Å². The van der Waals surface area contributed by atoms with E-state index >= 15 is 0 Å².